The molecule has 1 saturated heterocycles. The number of likely N-dealkylation sites (tertiary alicyclic amines) is 1. The van der Waals surface area contributed by atoms with Gasteiger partial charge in [0.2, 0.25) is 5.91 Å². The standard InChI is InChI=1S/C22H27N3O4.ClH/c1-24(16-22(27)28)17-11-13-25(14-12-17)15-21(26)23-19-9-5-6-10-20(19)29-18-7-3-2-4-8-18;/h2-10,17H,11-16H2,1H3,(H,23,26)(H,27,28);1H. The summed E-state index contributed by atoms with van der Waals surface area (Å²) in [6, 6.07) is 17.1. The highest BCUT2D eigenvalue weighted by atomic mass is 35.5. The van der Waals surface area contributed by atoms with Gasteiger partial charge in [-0.05, 0) is 44.2 Å². The third-order valence-electron chi connectivity index (χ3n) is 5.06. The molecule has 1 fully saturated rings. The van der Waals surface area contributed by atoms with Crippen LogP contribution in [0.2, 0.25) is 0 Å². The van der Waals surface area contributed by atoms with Crippen LogP contribution in [0.15, 0.2) is 54.6 Å². The van der Waals surface area contributed by atoms with E-state index < -0.39 is 5.97 Å². The molecule has 162 valence electrons. The molecule has 0 bridgehead atoms. The SMILES string of the molecule is CN(CC(=O)O)C1CCN(CC(=O)Nc2ccccc2Oc2ccccc2)CC1.Cl. The summed E-state index contributed by atoms with van der Waals surface area (Å²) >= 11 is 0. The summed E-state index contributed by atoms with van der Waals surface area (Å²) in [5.74, 6) is 0.403. The third kappa shape index (κ3) is 7.02. The molecule has 0 atom stereocenters. The summed E-state index contributed by atoms with van der Waals surface area (Å²) in [6.45, 7) is 1.88. The highest BCUT2D eigenvalue weighted by Gasteiger charge is 2.24. The van der Waals surface area contributed by atoms with Crippen molar-refractivity contribution in [2.75, 3.05) is 38.5 Å². The molecule has 2 aromatic rings. The van der Waals surface area contributed by atoms with Gasteiger partial charge in [-0.25, -0.2) is 0 Å². The molecule has 0 saturated carbocycles. The molecule has 0 spiro atoms. The number of anilines is 1. The molecule has 8 heteroatoms. The number of carbonyl (C=O) groups is 2. The number of rotatable bonds is 8. The van der Waals surface area contributed by atoms with Crippen molar-refractivity contribution in [1.29, 1.82) is 0 Å². The van der Waals surface area contributed by atoms with Gasteiger partial charge in [0, 0.05) is 19.1 Å². The van der Waals surface area contributed by atoms with Crippen LogP contribution in [0.4, 0.5) is 5.69 Å². The molecule has 2 aromatic carbocycles. The number of carboxylic acids is 1. The molecule has 1 heterocycles. The quantitative estimate of drug-likeness (QED) is 0.664. The number of para-hydroxylation sites is 3. The van der Waals surface area contributed by atoms with Crippen LogP contribution in [-0.4, -0.2) is 66.1 Å². The van der Waals surface area contributed by atoms with E-state index in [1.165, 1.54) is 0 Å². The smallest absolute Gasteiger partial charge is 0.317 e. The molecule has 7 nitrogen and oxygen atoms in total. The Labute approximate surface area is 183 Å². The molecule has 1 amide bonds. The summed E-state index contributed by atoms with van der Waals surface area (Å²) in [6.07, 6.45) is 1.70. The van der Waals surface area contributed by atoms with E-state index in [4.69, 9.17) is 9.84 Å². The van der Waals surface area contributed by atoms with Gasteiger partial charge in [-0.1, -0.05) is 30.3 Å². The number of ether oxygens (including phenoxy) is 1. The van der Waals surface area contributed by atoms with Crippen LogP contribution < -0.4 is 10.1 Å². The number of benzene rings is 2. The average molecular weight is 434 g/mol. The van der Waals surface area contributed by atoms with Crippen molar-refractivity contribution < 1.29 is 19.4 Å². The van der Waals surface area contributed by atoms with Gasteiger partial charge in [0.05, 0.1) is 18.8 Å². The number of aliphatic carboxylic acids is 1. The first-order valence-electron chi connectivity index (χ1n) is 9.77. The number of amides is 1. The van der Waals surface area contributed by atoms with Crippen molar-refractivity contribution in [3.8, 4) is 11.5 Å². The molecule has 2 N–H and O–H groups in total. The van der Waals surface area contributed by atoms with Gasteiger partial charge in [-0.15, -0.1) is 12.4 Å². The number of hydrogen-bond acceptors (Lipinski definition) is 5. The number of carbonyl (C=O) groups excluding carboxylic acids is 1. The maximum absolute atomic E-state index is 12.5. The van der Waals surface area contributed by atoms with Gasteiger partial charge in [0.25, 0.3) is 0 Å². The molecule has 0 unspecified atom stereocenters. The Morgan fingerprint density at radius 2 is 1.73 bits per heavy atom. The number of hydrogen-bond donors (Lipinski definition) is 2. The summed E-state index contributed by atoms with van der Waals surface area (Å²) in [7, 11) is 1.84. The van der Waals surface area contributed by atoms with Crippen molar-refractivity contribution in [3.05, 3.63) is 54.6 Å². The summed E-state index contributed by atoms with van der Waals surface area (Å²) in [5.41, 5.74) is 0.637. The fourth-order valence-corrected chi connectivity index (χ4v) is 3.53. The first kappa shape index (κ1) is 23.7. The predicted octanol–water partition coefficient (Wildman–Crippen LogP) is 3.32. The lowest BCUT2D eigenvalue weighted by Gasteiger charge is -2.35. The van der Waals surface area contributed by atoms with E-state index in [-0.39, 0.29) is 30.9 Å². The molecule has 30 heavy (non-hydrogen) atoms. The average Bonchev–Trinajstić information content (AvgIpc) is 2.70. The molecule has 0 aromatic heterocycles. The van der Waals surface area contributed by atoms with E-state index in [0.29, 0.717) is 23.7 Å². The zero-order chi connectivity index (χ0) is 20.6. The number of halogens is 1. The zero-order valence-electron chi connectivity index (χ0n) is 17.0. The Kier molecular flexibility index (Phi) is 9.11. The Hall–Kier alpha value is -2.61. The van der Waals surface area contributed by atoms with Gasteiger partial charge < -0.3 is 15.2 Å². The summed E-state index contributed by atoms with van der Waals surface area (Å²) in [4.78, 5) is 27.4. The molecular weight excluding hydrogens is 406 g/mol. The largest absolute Gasteiger partial charge is 0.480 e. The normalized spacial score (nSPS) is 14.7. The van der Waals surface area contributed by atoms with Crippen molar-refractivity contribution in [2.45, 2.75) is 18.9 Å². The Bertz CT molecular complexity index is 826. The lowest BCUT2D eigenvalue weighted by molar-refractivity contribution is -0.138. The van der Waals surface area contributed by atoms with E-state index in [1.54, 1.807) is 0 Å². The minimum absolute atomic E-state index is 0. The highest BCUT2D eigenvalue weighted by molar-refractivity contribution is 5.93. The van der Waals surface area contributed by atoms with E-state index in [1.807, 2.05) is 66.5 Å². The zero-order valence-corrected chi connectivity index (χ0v) is 17.8. The van der Waals surface area contributed by atoms with Crippen LogP contribution in [0, 0.1) is 0 Å². The second-order valence-electron chi connectivity index (χ2n) is 7.28. The minimum atomic E-state index is -0.814. The Morgan fingerprint density at radius 1 is 1.10 bits per heavy atom. The van der Waals surface area contributed by atoms with Crippen molar-refractivity contribution in [1.82, 2.24) is 9.80 Å². The van der Waals surface area contributed by atoms with Gasteiger partial charge in [-0.2, -0.15) is 0 Å². The molecule has 0 radical (unpaired) electrons. The summed E-state index contributed by atoms with van der Waals surface area (Å²) in [5, 5.41) is 11.9. The fourth-order valence-electron chi connectivity index (χ4n) is 3.53. The topological polar surface area (TPSA) is 82.1 Å². The minimum Gasteiger partial charge on any atom is -0.480 e. The molecule has 3 rings (SSSR count). The van der Waals surface area contributed by atoms with Crippen molar-refractivity contribution in [3.63, 3.8) is 0 Å². The van der Waals surface area contributed by atoms with Gasteiger partial charge in [-0.3, -0.25) is 19.4 Å². The van der Waals surface area contributed by atoms with E-state index >= 15 is 0 Å². The second kappa shape index (κ2) is 11.5. The lowest BCUT2D eigenvalue weighted by Crippen LogP contribution is -2.46. The number of nitrogens with one attached hydrogen (secondary N) is 1. The van der Waals surface area contributed by atoms with Gasteiger partial charge >= 0.3 is 5.97 Å². The van der Waals surface area contributed by atoms with Gasteiger partial charge in [0.15, 0.2) is 5.75 Å². The molecule has 1 aliphatic heterocycles. The summed E-state index contributed by atoms with van der Waals surface area (Å²) < 4.78 is 5.89. The molecule has 0 aliphatic carbocycles. The predicted molar refractivity (Wildman–Crippen MR) is 119 cm³/mol. The second-order valence-corrected chi connectivity index (χ2v) is 7.28. The number of carboxylic acid groups (broad SMARTS) is 1. The van der Waals surface area contributed by atoms with Crippen LogP contribution in [0.25, 0.3) is 0 Å². The van der Waals surface area contributed by atoms with Crippen LogP contribution in [0.3, 0.4) is 0 Å². The Morgan fingerprint density at radius 3 is 2.40 bits per heavy atom. The number of piperidine rings is 1. The highest BCUT2D eigenvalue weighted by Crippen LogP contribution is 2.29. The Balaban J connectivity index is 0.00000320. The van der Waals surface area contributed by atoms with Crippen LogP contribution in [-0.2, 0) is 9.59 Å². The van der Waals surface area contributed by atoms with E-state index in [2.05, 4.69) is 10.2 Å². The fraction of sp³-hybridized carbons (Fsp3) is 0.364. The van der Waals surface area contributed by atoms with Crippen molar-refractivity contribution >= 4 is 30.0 Å². The monoisotopic (exact) mass is 433 g/mol. The number of likely N-dealkylation sites (N-methyl/N-ethyl adjacent to an activating group) is 1. The molecular formula is C22H28ClN3O4. The van der Waals surface area contributed by atoms with Gasteiger partial charge in [0.1, 0.15) is 5.75 Å². The van der Waals surface area contributed by atoms with E-state index in [0.717, 1.165) is 25.9 Å². The lowest BCUT2D eigenvalue weighted by atomic mass is 10.0. The van der Waals surface area contributed by atoms with E-state index in [9.17, 15) is 9.59 Å². The third-order valence-corrected chi connectivity index (χ3v) is 5.06. The number of nitrogens with zero attached hydrogens (tertiary/aromatic N) is 2. The maximum Gasteiger partial charge on any atom is 0.317 e. The van der Waals surface area contributed by atoms with Crippen LogP contribution in [0.1, 0.15) is 12.8 Å². The van der Waals surface area contributed by atoms with Crippen LogP contribution in [0.5, 0.6) is 11.5 Å². The molecule has 1 aliphatic rings. The first-order valence-corrected chi connectivity index (χ1v) is 9.77. The van der Waals surface area contributed by atoms with Crippen molar-refractivity contribution in [2.24, 2.45) is 0 Å². The van der Waals surface area contributed by atoms with Crippen LogP contribution >= 0.6 is 12.4 Å². The maximum atomic E-state index is 12.5. The first-order chi connectivity index (χ1) is 14.0.